The van der Waals surface area contributed by atoms with E-state index < -0.39 is 22.3 Å². The molecule has 0 radical (unpaired) electrons. The highest BCUT2D eigenvalue weighted by Crippen LogP contribution is 2.34. The number of esters is 1. The van der Waals surface area contributed by atoms with Crippen molar-refractivity contribution in [1.82, 2.24) is 0 Å². The van der Waals surface area contributed by atoms with Crippen LogP contribution in [0.25, 0.3) is 0 Å². The number of carbonyl (C=O) groups excluding carboxylic acids is 1. The summed E-state index contributed by atoms with van der Waals surface area (Å²) < 4.78 is 16.2. The van der Waals surface area contributed by atoms with E-state index in [0.29, 0.717) is 24.3 Å². The maximum atomic E-state index is 11.9. The summed E-state index contributed by atoms with van der Waals surface area (Å²) in [6.07, 6.45) is -0.160. The van der Waals surface area contributed by atoms with Gasteiger partial charge in [0.1, 0.15) is 5.60 Å². The molecule has 1 aliphatic heterocycles. The summed E-state index contributed by atoms with van der Waals surface area (Å²) in [4.78, 5) is 22.7. The molecular weight excluding hydrogens is 302 g/mol. The number of nitro groups is 1. The Morgan fingerprint density at radius 1 is 1.35 bits per heavy atom. The summed E-state index contributed by atoms with van der Waals surface area (Å²) >= 11 is 0. The molecule has 7 nitrogen and oxygen atoms in total. The summed E-state index contributed by atoms with van der Waals surface area (Å²) in [6, 6.07) is 4.62. The standard InChI is InChI=1S/C16H21NO6/c1-15(2,3)23-14(18)9-11-5-6-12(10-13(11)17(19)20)16(4)21-7-8-22-16/h5-6,10H,7-9H2,1-4H3. The molecule has 1 aromatic rings. The lowest BCUT2D eigenvalue weighted by atomic mass is 10.0. The SMILES string of the molecule is CC(C)(C)OC(=O)Cc1ccc(C2(C)OCCO2)cc1[N+](=O)[O-]. The molecule has 0 spiro atoms. The third kappa shape index (κ3) is 4.27. The first kappa shape index (κ1) is 17.4. The van der Waals surface area contributed by atoms with Gasteiger partial charge in [0.2, 0.25) is 0 Å². The average molecular weight is 323 g/mol. The van der Waals surface area contributed by atoms with E-state index in [2.05, 4.69) is 0 Å². The molecule has 0 aromatic heterocycles. The average Bonchev–Trinajstić information content (AvgIpc) is 2.84. The Morgan fingerprint density at radius 3 is 2.48 bits per heavy atom. The highest BCUT2D eigenvalue weighted by atomic mass is 16.7. The summed E-state index contributed by atoms with van der Waals surface area (Å²) in [6.45, 7) is 7.83. The fourth-order valence-electron chi connectivity index (χ4n) is 2.38. The first-order valence-corrected chi connectivity index (χ1v) is 7.38. The van der Waals surface area contributed by atoms with Crippen LogP contribution in [-0.4, -0.2) is 29.7 Å². The van der Waals surface area contributed by atoms with E-state index in [-0.39, 0.29) is 12.1 Å². The number of rotatable bonds is 4. The lowest BCUT2D eigenvalue weighted by Crippen LogP contribution is -2.25. The molecule has 1 aliphatic rings. The second-order valence-electron chi connectivity index (χ2n) is 6.51. The molecule has 2 rings (SSSR count). The van der Waals surface area contributed by atoms with Gasteiger partial charge in [0, 0.05) is 17.2 Å². The molecule has 1 saturated heterocycles. The van der Waals surface area contributed by atoms with Crippen molar-refractivity contribution in [2.24, 2.45) is 0 Å². The minimum atomic E-state index is -0.991. The number of ether oxygens (including phenoxy) is 3. The molecule has 1 aromatic carbocycles. The van der Waals surface area contributed by atoms with Crippen LogP contribution in [0.15, 0.2) is 18.2 Å². The van der Waals surface area contributed by atoms with Crippen molar-refractivity contribution in [2.45, 2.75) is 45.5 Å². The fraction of sp³-hybridized carbons (Fsp3) is 0.562. The van der Waals surface area contributed by atoms with Crippen LogP contribution in [0.3, 0.4) is 0 Å². The Kier molecular flexibility index (Phi) is 4.72. The van der Waals surface area contributed by atoms with Gasteiger partial charge < -0.3 is 14.2 Å². The van der Waals surface area contributed by atoms with E-state index in [4.69, 9.17) is 14.2 Å². The van der Waals surface area contributed by atoms with Crippen LogP contribution >= 0.6 is 0 Å². The minimum Gasteiger partial charge on any atom is -0.460 e. The predicted octanol–water partition coefficient (Wildman–Crippen LogP) is 2.70. The predicted molar refractivity (Wildman–Crippen MR) is 81.9 cm³/mol. The van der Waals surface area contributed by atoms with E-state index in [9.17, 15) is 14.9 Å². The van der Waals surface area contributed by atoms with Gasteiger partial charge in [0.15, 0.2) is 5.79 Å². The molecule has 0 amide bonds. The van der Waals surface area contributed by atoms with Crippen molar-refractivity contribution < 1.29 is 23.9 Å². The van der Waals surface area contributed by atoms with Gasteiger partial charge >= 0.3 is 5.97 Å². The van der Waals surface area contributed by atoms with Gasteiger partial charge in [0.05, 0.1) is 24.6 Å². The Hall–Kier alpha value is -1.99. The molecule has 1 fully saturated rings. The maximum Gasteiger partial charge on any atom is 0.311 e. The van der Waals surface area contributed by atoms with Crippen molar-refractivity contribution in [2.75, 3.05) is 13.2 Å². The fourth-order valence-corrected chi connectivity index (χ4v) is 2.38. The molecule has 0 N–H and O–H groups in total. The smallest absolute Gasteiger partial charge is 0.311 e. The van der Waals surface area contributed by atoms with Crippen molar-refractivity contribution >= 4 is 11.7 Å². The van der Waals surface area contributed by atoms with E-state index in [0.717, 1.165) is 0 Å². The molecule has 7 heteroatoms. The topological polar surface area (TPSA) is 87.9 Å². The zero-order chi connectivity index (χ0) is 17.3. The highest BCUT2D eigenvalue weighted by molar-refractivity contribution is 5.74. The third-order valence-corrected chi connectivity index (χ3v) is 3.40. The minimum absolute atomic E-state index is 0.145. The first-order chi connectivity index (χ1) is 10.6. The number of hydrogen-bond donors (Lipinski definition) is 0. The molecule has 0 aliphatic carbocycles. The molecule has 0 atom stereocenters. The molecule has 0 unspecified atom stereocenters. The molecular formula is C16H21NO6. The summed E-state index contributed by atoms with van der Waals surface area (Å²) in [5, 5.41) is 11.3. The van der Waals surface area contributed by atoms with Gasteiger partial charge in [-0.2, -0.15) is 0 Å². The van der Waals surface area contributed by atoms with Crippen LogP contribution in [0.5, 0.6) is 0 Å². The van der Waals surface area contributed by atoms with Gasteiger partial charge in [-0.05, 0) is 27.7 Å². The number of carbonyl (C=O) groups is 1. The Balaban J connectivity index is 2.27. The van der Waals surface area contributed by atoms with E-state index >= 15 is 0 Å². The van der Waals surface area contributed by atoms with Gasteiger partial charge in [0.25, 0.3) is 5.69 Å². The van der Waals surface area contributed by atoms with Crippen LogP contribution in [-0.2, 0) is 31.2 Å². The van der Waals surface area contributed by atoms with Crippen LogP contribution in [0.1, 0.15) is 38.8 Å². The van der Waals surface area contributed by atoms with Gasteiger partial charge in [-0.15, -0.1) is 0 Å². The van der Waals surface area contributed by atoms with Crippen molar-refractivity contribution in [1.29, 1.82) is 0 Å². The first-order valence-electron chi connectivity index (χ1n) is 7.38. The van der Waals surface area contributed by atoms with E-state index in [1.54, 1.807) is 39.8 Å². The highest BCUT2D eigenvalue weighted by Gasteiger charge is 2.35. The van der Waals surface area contributed by atoms with Crippen molar-refractivity contribution in [3.63, 3.8) is 0 Å². The number of nitro benzene ring substituents is 1. The Bertz CT molecular complexity index is 613. The zero-order valence-corrected chi connectivity index (χ0v) is 13.8. The van der Waals surface area contributed by atoms with Crippen molar-refractivity contribution in [3.8, 4) is 0 Å². The van der Waals surface area contributed by atoms with E-state index in [1.165, 1.54) is 6.07 Å². The van der Waals surface area contributed by atoms with Gasteiger partial charge in [-0.1, -0.05) is 12.1 Å². The second kappa shape index (κ2) is 6.25. The molecule has 0 bridgehead atoms. The lowest BCUT2D eigenvalue weighted by molar-refractivity contribution is -0.385. The monoisotopic (exact) mass is 323 g/mol. The van der Waals surface area contributed by atoms with E-state index in [1.807, 2.05) is 0 Å². The maximum absolute atomic E-state index is 11.9. The normalized spacial score (nSPS) is 17.0. The van der Waals surface area contributed by atoms with Crippen LogP contribution in [0.4, 0.5) is 5.69 Å². The van der Waals surface area contributed by atoms with Crippen LogP contribution in [0.2, 0.25) is 0 Å². The Labute approximate surface area is 134 Å². The third-order valence-electron chi connectivity index (χ3n) is 3.40. The molecule has 126 valence electrons. The van der Waals surface area contributed by atoms with Crippen LogP contribution < -0.4 is 0 Å². The van der Waals surface area contributed by atoms with Gasteiger partial charge in [-0.25, -0.2) is 0 Å². The molecule has 0 saturated carbocycles. The second-order valence-corrected chi connectivity index (χ2v) is 6.51. The van der Waals surface area contributed by atoms with Crippen molar-refractivity contribution in [3.05, 3.63) is 39.4 Å². The quantitative estimate of drug-likeness (QED) is 0.481. The number of nitrogens with zero attached hydrogens (tertiary/aromatic N) is 1. The molecule has 1 heterocycles. The summed E-state index contributed by atoms with van der Waals surface area (Å²) in [7, 11) is 0. The van der Waals surface area contributed by atoms with Crippen LogP contribution in [0, 0.1) is 10.1 Å². The summed E-state index contributed by atoms with van der Waals surface area (Å²) in [5.74, 6) is -1.50. The summed E-state index contributed by atoms with van der Waals surface area (Å²) in [5.41, 5.74) is 0.0723. The Morgan fingerprint density at radius 2 is 1.96 bits per heavy atom. The molecule has 23 heavy (non-hydrogen) atoms. The zero-order valence-electron chi connectivity index (χ0n) is 13.8. The largest absolute Gasteiger partial charge is 0.460 e. The number of benzene rings is 1. The van der Waals surface area contributed by atoms with Gasteiger partial charge in [-0.3, -0.25) is 14.9 Å². The lowest BCUT2D eigenvalue weighted by Gasteiger charge is -2.23. The number of hydrogen-bond acceptors (Lipinski definition) is 6.